The second-order valence-electron chi connectivity index (χ2n) is 6.57. The second-order valence-corrected chi connectivity index (χ2v) is 6.57. The Morgan fingerprint density at radius 1 is 1.21 bits per heavy atom. The summed E-state index contributed by atoms with van der Waals surface area (Å²) in [6.45, 7) is 1.75. The van der Waals surface area contributed by atoms with Crippen LogP contribution in [-0.4, -0.2) is 43.1 Å². The van der Waals surface area contributed by atoms with Crippen molar-refractivity contribution in [1.82, 2.24) is 10.2 Å². The van der Waals surface area contributed by atoms with E-state index in [9.17, 15) is 14.4 Å². The SMILES string of the molecule is COC(=O)c1ccc(OCCN2C(=O)NC(C)(c3cccc(C#N)c3)C2=O)cc1. The van der Waals surface area contributed by atoms with E-state index in [2.05, 4.69) is 10.1 Å². The van der Waals surface area contributed by atoms with E-state index in [-0.39, 0.29) is 13.2 Å². The fourth-order valence-electron chi connectivity index (χ4n) is 3.06. The summed E-state index contributed by atoms with van der Waals surface area (Å²) in [5.41, 5.74) is 0.0931. The van der Waals surface area contributed by atoms with Gasteiger partial charge in [-0.05, 0) is 48.9 Å². The highest BCUT2D eigenvalue weighted by molar-refractivity contribution is 6.07. The van der Waals surface area contributed by atoms with Crippen molar-refractivity contribution in [3.05, 3.63) is 65.2 Å². The highest BCUT2D eigenvalue weighted by Crippen LogP contribution is 2.29. The van der Waals surface area contributed by atoms with Gasteiger partial charge in [0.2, 0.25) is 0 Å². The maximum Gasteiger partial charge on any atom is 0.337 e. The van der Waals surface area contributed by atoms with Crippen LogP contribution in [0.25, 0.3) is 0 Å². The maximum absolute atomic E-state index is 12.9. The zero-order chi connectivity index (χ0) is 21.0. The highest BCUT2D eigenvalue weighted by atomic mass is 16.5. The third-order valence-corrected chi connectivity index (χ3v) is 4.70. The van der Waals surface area contributed by atoms with Gasteiger partial charge in [-0.2, -0.15) is 5.26 Å². The van der Waals surface area contributed by atoms with E-state index < -0.39 is 23.4 Å². The van der Waals surface area contributed by atoms with Gasteiger partial charge in [0, 0.05) is 0 Å². The standard InChI is InChI=1S/C21H19N3O5/c1-21(16-5-3-4-14(12-16)13-22)19(26)24(20(27)23-21)10-11-29-17-8-6-15(7-9-17)18(25)28-2/h3-9,12H,10-11H2,1-2H3,(H,23,27). The minimum atomic E-state index is -1.24. The molecule has 1 aliphatic heterocycles. The van der Waals surface area contributed by atoms with Crippen molar-refractivity contribution in [2.75, 3.05) is 20.3 Å². The fourth-order valence-corrected chi connectivity index (χ4v) is 3.06. The summed E-state index contributed by atoms with van der Waals surface area (Å²) in [5.74, 6) is -0.368. The Hall–Kier alpha value is -3.86. The first-order valence-electron chi connectivity index (χ1n) is 8.85. The molecule has 0 spiro atoms. The van der Waals surface area contributed by atoms with Crippen LogP contribution >= 0.6 is 0 Å². The first-order chi connectivity index (χ1) is 13.9. The number of nitriles is 1. The van der Waals surface area contributed by atoms with E-state index in [4.69, 9.17) is 10.00 Å². The first kappa shape index (κ1) is 19.9. The minimum absolute atomic E-state index is 0.0525. The number of benzene rings is 2. The second kappa shape index (κ2) is 8.02. The average molecular weight is 393 g/mol. The van der Waals surface area contributed by atoms with Crippen LogP contribution in [0.3, 0.4) is 0 Å². The number of imide groups is 1. The van der Waals surface area contributed by atoms with E-state index in [1.807, 2.05) is 6.07 Å². The summed E-state index contributed by atoms with van der Waals surface area (Å²) in [6, 6.07) is 14.4. The third kappa shape index (κ3) is 3.89. The molecule has 0 aromatic heterocycles. The van der Waals surface area contributed by atoms with Crippen LogP contribution in [0, 0.1) is 11.3 Å². The van der Waals surface area contributed by atoms with Crippen molar-refractivity contribution in [3.63, 3.8) is 0 Å². The van der Waals surface area contributed by atoms with Crippen LogP contribution in [0.2, 0.25) is 0 Å². The number of amides is 3. The fraction of sp³-hybridized carbons (Fsp3) is 0.238. The van der Waals surface area contributed by atoms with Crippen molar-refractivity contribution >= 4 is 17.9 Å². The number of carbonyl (C=O) groups is 3. The van der Waals surface area contributed by atoms with E-state index in [0.29, 0.717) is 22.4 Å². The zero-order valence-electron chi connectivity index (χ0n) is 16.0. The molecular formula is C21H19N3O5. The molecule has 3 amide bonds. The number of ether oxygens (including phenoxy) is 2. The number of esters is 1. The molecule has 29 heavy (non-hydrogen) atoms. The van der Waals surface area contributed by atoms with Gasteiger partial charge in [-0.25, -0.2) is 9.59 Å². The molecule has 0 bridgehead atoms. The molecule has 1 unspecified atom stereocenters. The van der Waals surface area contributed by atoms with Gasteiger partial charge in [-0.3, -0.25) is 9.69 Å². The molecular weight excluding hydrogens is 374 g/mol. The molecule has 2 aromatic carbocycles. The van der Waals surface area contributed by atoms with E-state index in [1.165, 1.54) is 7.11 Å². The van der Waals surface area contributed by atoms with Crippen LogP contribution in [-0.2, 0) is 15.1 Å². The molecule has 8 nitrogen and oxygen atoms in total. The highest BCUT2D eigenvalue weighted by Gasteiger charge is 2.48. The normalized spacial score (nSPS) is 18.2. The van der Waals surface area contributed by atoms with E-state index in [1.54, 1.807) is 55.5 Å². The van der Waals surface area contributed by atoms with Gasteiger partial charge < -0.3 is 14.8 Å². The summed E-state index contributed by atoms with van der Waals surface area (Å²) < 4.78 is 10.2. The molecule has 8 heteroatoms. The third-order valence-electron chi connectivity index (χ3n) is 4.70. The van der Waals surface area contributed by atoms with Crippen molar-refractivity contribution in [3.8, 4) is 11.8 Å². The lowest BCUT2D eigenvalue weighted by Gasteiger charge is -2.22. The molecule has 3 rings (SSSR count). The molecule has 0 saturated carbocycles. The lowest BCUT2D eigenvalue weighted by atomic mass is 9.91. The van der Waals surface area contributed by atoms with Crippen molar-refractivity contribution < 1.29 is 23.9 Å². The number of rotatable bonds is 6. The smallest absolute Gasteiger partial charge is 0.337 e. The Bertz CT molecular complexity index is 996. The molecule has 0 aliphatic carbocycles. The first-order valence-corrected chi connectivity index (χ1v) is 8.85. The lowest BCUT2D eigenvalue weighted by molar-refractivity contribution is -0.131. The predicted octanol–water partition coefficient (Wildman–Crippen LogP) is 2.19. The number of urea groups is 1. The molecule has 1 N–H and O–H groups in total. The van der Waals surface area contributed by atoms with Crippen molar-refractivity contribution in [2.24, 2.45) is 0 Å². The molecule has 1 aliphatic rings. The van der Waals surface area contributed by atoms with Gasteiger partial charge in [0.25, 0.3) is 5.91 Å². The number of hydrogen-bond donors (Lipinski definition) is 1. The Balaban J connectivity index is 1.64. The van der Waals surface area contributed by atoms with Crippen LogP contribution < -0.4 is 10.1 Å². The zero-order valence-corrected chi connectivity index (χ0v) is 16.0. The Labute approximate surface area is 167 Å². The molecule has 1 atom stereocenters. The number of nitrogens with zero attached hydrogens (tertiary/aromatic N) is 2. The average Bonchev–Trinajstić information content (AvgIpc) is 2.97. The number of nitrogens with one attached hydrogen (secondary N) is 1. The summed E-state index contributed by atoms with van der Waals surface area (Å²) in [4.78, 5) is 37.7. The van der Waals surface area contributed by atoms with Gasteiger partial charge in [-0.15, -0.1) is 0 Å². The summed E-state index contributed by atoms with van der Waals surface area (Å²) in [6.07, 6.45) is 0. The van der Waals surface area contributed by atoms with Crippen LogP contribution in [0.5, 0.6) is 5.75 Å². The summed E-state index contributed by atoms with van der Waals surface area (Å²) in [7, 11) is 1.30. The number of methoxy groups -OCH3 is 1. The molecule has 148 valence electrons. The van der Waals surface area contributed by atoms with Crippen LogP contribution in [0.4, 0.5) is 4.79 Å². The monoisotopic (exact) mass is 393 g/mol. The van der Waals surface area contributed by atoms with E-state index >= 15 is 0 Å². The topological polar surface area (TPSA) is 109 Å². The molecule has 1 fully saturated rings. The summed E-state index contributed by atoms with van der Waals surface area (Å²) >= 11 is 0. The van der Waals surface area contributed by atoms with Gasteiger partial charge in [0.15, 0.2) is 0 Å². The van der Waals surface area contributed by atoms with Gasteiger partial charge in [-0.1, -0.05) is 12.1 Å². The predicted molar refractivity (Wildman–Crippen MR) is 102 cm³/mol. The molecule has 0 radical (unpaired) electrons. The van der Waals surface area contributed by atoms with Gasteiger partial charge in [0.05, 0.1) is 30.9 Å². The maximum atomic E-state index is 12.9. The Morgan fingerprint density at radius 3 is 2.59 bits per heavy atom. The lowest BCUT2D eigenvalue weighted by Crippen LogP contribution is -2.41. The number of carbonyl (C=O) groups excluding carboxylic acids is 3. The minimum Gasteiger partial charge on any atom is -0.492 e. The van der Waals surface area contributed by atoms with Crippen LogP contribution in [0.15, 0.2) is 48.5 Å². The molecule has 1 saturated heterocycles. The summed E-state index contributed by atoms with van der Waals surface area (Å²) in [5, 5.41) is 11.8. The van der Waals surface area contributed by atoms with Gasteiger partial charge in [0.1, 0.15) is 17.9 Å². The Kier molecular flexibility index (Phi) is 5.50. The Morgan fingerprint density at radius 2 is 1.93 bits per heavy atom. The largest absolute Gasteiger partial charge is 0.492 e. The van der Waals surface area contributed by atoms with Gasteiger partial charge >= 0.3 is 12.0 Å². The van der Waals surface area contributed by atoms with Crippen LogP contribution in [0.1, 0.15) is 28.4 Å². The van der Waals surface area contributed by atoms with Crippen molar-refractivity contribution in [1.29, 1.82) is 5.26 Å². The molecule has 1 heterocycles. The quantitative estimate of drug-likeness (QED) is 0.595. The molecule has 2 aromatic rings. The van der Waals surface area contributed by atoms with Crippen molar-refractivity contribution in [2.45, 2.75) is 12.5 Å². The van der Waals surface area contributed by atoms with E-state index in [0.717, 1.165) is 4.90 Å². The number of hydrogen-bond acceptors (Lipinski definition) is 6.